The van der Waals surface area contributed by atoms with Gasteiger partial charge in [-0.3, -0.25) is 0 Å². The fourth-order valence-electron chi connectivity index (χ4n) is 3.32. The third-order valence-corrected chi connectivity index (χ3v) is 5.99. The first-order chi connectivity index (χ1) is 14.6. The van der Waals surface area contributed by atoms with Crippen LogP contribution in [-0.2, 0) is 0 Å². The average molecular weight is 422 g/mol. The van der Waals surface area contributed by atoms with E-state index < -0.39 is 0 Å². The van der Waals surface area contributed by atoms with E-state index in [4.69, 9.17) is 14.7 Å². The summed E-state index contributed by atoms with van der Waals surface area (Å²) in [6.07, 6.45) is 0. The first-order valence-electron chi connectivity index (χ1n) is 10.1. The van der Waals surface area contributed by atoms with Crippen molar-refractivity contribution in [1.82, 2.24) is 9.97 Å². The van der Waals surface area contributed by atoms with Gasteiger partial charge >= 0.3 is 0 Å². The summed E-state index contributed by atoms with van der Waals surface area (Å²) in [6, 6.07) is 16.2. The van der Waals surface area contributed by atoms with Crippen molar-refractivity contribution in [3.8, 4) is 5.75 Å². The average Bonchev–Trinajstić information content (AvgIpc) is 2.77. The molecule has 156 valence electrons. The summed E-state index contributed by atoms with van der Waals surface area (Å²) < 4.78 is 5.25. The van der Waals surface area contributed by atoms with Crippen LogP contribution < -0.4 is 20.3 Å². The van der Waals surface area contributed by atoms with Crippen LogP contribution in [0.25, 0.3) is 0 Å². The lowest BCUT2D eigenvalue weighted by atomic mass is 10.1. The van der Waals surface area contributed by atoms with Gasteiger partial charge < -0.3 is 20.3 Å². The minimum absolute atomic E-state index is 0.573. The van der Waals surface area contributed by atoms with E-state index in [0.717, 1.165) is 53.4 Å². The molecule has 2 aromatic carbocycles. The third-order valence-electron chi connectivity index (χ3n) is 5.05. The Kier molecular flexibility index (Phi) is 6.28. The number of aryl methyl sites for hydroxylation is 2. The van der Waals surface area contributed by atoms with Gasteiger partial charge in [0.2, 0.25) is 5.95 Å². The SMILES string of the molecule is COc1ccc(Nc2nc(Nc3cc(C)ccc3C)cc(N3CCSCC3)n2)cc1. The van der Waals surface area contributed by atoms with Gasteiger partial charge in [-0.25, -0.2) is 0 Å². The van der Waals surface area contributed by atoms with E-state index in [1.807, 2.05) is 42.1 Å². The molecule has 1 aliphatic heterocycles. The Morgan fingerprint density at radius 3 is 2.43 bits per heavy atom. The zero-order valence-electron chi connectivity index (χ0n) is 17.6. The van der Waals surface area contributed by atoms with Crippen LogP contribution in [0.3, 0.4) is 0 Å². The van der Waals surface area contributed by atoms with Gasteiger partial charge in [0.05, 0.1) is 7.11 Å². The maximum absolute atomic E-state index is 5.25. The number of hydrogen-bond donors (Lipinski definition) is 2. The zero-order valence-corrected chi connectivity index (χ0v) is 18.4. The number of ether oxygens (including phenoxy) is 1. The molecule has 3 aromatic rings. The van der Waals surface area contributed by atoms with Crippen molar-refractivity contribution < 1.29 is 4.74 Å². The van der Waals surface area contributed by atoms with E-state index in [2.05, 4.69) is 47.6 Å². The number of nitrogens with zero attached hydrogens (tertiary/aromatic N) is 3. The number of benzene rings is 2. The zero-order chi connectivity index (χ0) is 20.9. The molecule has 1 aliphatic rings. The topological polar surface area (TPSA) is 62.3 Å². The van der Waals surface area contributed by atoms with Crippen molar-refractivity contribution >= 4 is 40.7 Å². The summed E-state index contributed by atoms with van der Waals surface area (Å²) in [4.78, 5) is 11.9. The van der Waals surface area contributed by atoms with E-state index in [1.165, 1.54) is 11.1 Å². The van der Waals surface area contributed by atoms with Gasteiger partial charge in [-0.15, -0.1) is 0 Å². The lowest BCUT2D eigenvalue weighted by molar-refractivity contribution is 0.415. The summed E-state index contributed by atoms with van der Waals surface area (Å²) in [5, 5.41) is 6.83. The Labute approximate surface area is 182 Å². The molecule has 0 bridgehead atoms. The Bertz CT molecular complexity index is 1000. The van der Waals surface area contributed by atoms with Gasteiger partial charge in [0.1, 0.15) is 17.4 Å². The van der Waals surface area contributed by atoms with E-state index in [0.29, 0.717) is 5.95 Å². The number of methoxy groups -OCH3 is 1. The largest absolute Gasteiger partial charge is 0.497 e. The Morgan fingerprint density at radius 1 is 0.933 bits per heavy atom. The number of nitrogens with one attached hydrogen (secondary N) is 2. The molecule has 1 aromatic heterocycles. The lowest BCUT2D eigenvalue weighted by Gasteiger charge is -2.28. The summed E-state index contributed by atoms with van der Waals surface area (Å²) in [5.41, 5.74) is 4.37. The number of aromatic nitrogens is 2. The monoisotopic (exact) mass is 421 g/mol. The Hall–Kier alpha value is -2.93. The minimum atomic E-state index is 0.573. The molecule has 4 rings (SSSR count). The predicted molar refractivity (Wildman–Crippen MR) is 127 cm³/mol. The highest BCUT2D eigenvalue weighted by atomic mass is 32.2. The maximum Gasteiger partial charge on any atom is 0.231 e. The molecule has 2 N–H and O–H groups in total. The smallest absolute Gasteiger partial charge is 0.231 e. The molecule has 2 heterocycles. The van der Waals surface area contributed by atoms with Gasteiger partial charge in [0.25, 0.3) is 0 Å². The highest BCUT2D eigenvalue weighted by molar-refractivity contribution is 7.99. The number of thioether (sulfide) groups is 1. The first kappa shape index (κ1) is 20.3. The van der Waals surface area contributed by atoms with Crippen LogP contribution in [0.1, 0.15) is 11.1 Å². The van der Waals surface area contributed by atoms with Crippen molar-refractivity contribution in [3.63, 3.8) is 0 Å². The second kappa shape index (κ2) is 9.26. The maximum atomic E-state index is 5.25. The van der Waals surface area contributed by atoms with Gasteiger partial charge in [-0.1, -0.05) is 12.1 Å². The highest BCUT2D eigenvalue weighted by Crippen LogP contribution is 2.27. The summed E-state index contributed by atoms with van der Waals surface area (Å²) in [7, 11) is 1.66. The molecular weight excluding hydrogens is 394 g/mol. The van der Waals surface area contributed by atoms with Crippen LogP contribution in [0.5, 0.6) is 5.75 Å². The van der Waals surface area contributed by atoms with Crippen LogP contribution in [0.2, 0.25) is 0 Å². The van der Waals surface area contributed by atoms with Crippen LogP contribution in [-0.4, -0.2) is 41.7 Å². The molecule has 0 unspecified atom stereocenters. The normalized spacial score (nSPS) is 13.8. The molecule has 30 heavy (non-hydrogen) atoms. The van der Waals surface area contributed by atoms with E-state index in [9.17, 15) is 0 Å². The quantitative estimate of drug-likeness (QED) is 0.571. The van der Waals surface area contributed by atoms with Gasteiger partial charge in [0.15, 0.2) is 0 Å². The van der Waals surface area contributed by atoms with Crippen molar-refractivity contribution in [1.29, 1.82) is 0 Å². The first-order valence-corrected chi connectivity index (χ1v) is 11.2. The molecular formula is C23H27N5OS. The molecule has 0 atom stereocenters. The molecule has 1 saturated heterocycles. The number of rotatable bonds is 6. The second-order valence-electron chi connectivity index (χ2n) is 7.33. The van der Waals surface area contributed by atoms with Crippen LogP contribution >= 0.6 is 11.8 Å². The lowest BCUT2D eigenvalue weighted by Crippen LogP contribution is -2.33. The van der Waals surface area contributed by atoms with E-state index >= 15 is 0 Å². The van der Waals surface area contributed by atoms with Crippen molar-refractivity contribution in [2.45, 2.75) is 13.8 Å². The fourth-order valence-corrected chi connectivity index (χ4v) is 4.22. The van der Waals surface area contributed by atoms with Crippen LogP contribution in [0, 0.1) is 13.8 Å². The van der Waals surface area contributed by atoms with Gasteiger partial charge in [-0.2, -0.15) is 21.7 Å². The second-order valence-corrected chi connectivity index (χ2v) is 8.56. The fraction of sp³-hybridized carbons (Fsp3) is 0.304. The molecule has 0 saturated carbocycles. The minimum Gasteiger partial charge on any atom is -0.497 e. The van der Waals surface area contributed by atoms with Crippen LogP contribution in [0.15, 0.2) is 48.5 Å². The van der Waals surface area contributed by atoms with Gasteiger partial charge in [-0.05, 0) is 55.3 Å². The van der Waals surface area contributed by atoms with Crippen molar-refractivity contribution in [3.05, 3.63) is 59.7 Å². The predicted octanol–water partition coefficient (Wildman–Crippen LogP) is 5.14. The van der Waals surface area contributed by atoms with Crippen LogP contribution in [0.4, 0.5) is 29.0 Å². The Morgan fingerprint density at radius 2 is 1.70 bits per heavy atom. The molecule has 6 nitrogen and oxygen atoms in total. The molecule has 1 fully saturated rings. The third kappa shape index (κ3) is 4.97. The summed E-state index contributed by atoms with van der Waals surface area (Å²) in [6.45, 7) is 6.18. The molecule has 7 heteroatoms. The number of hydrogen-bond acceptors (Lipinski definition) is 7. The summed E-state index contributed by atoms with van der Waals surface area (Å²) in [5.74, 6) is 5.34. The van der Waals surface area contributed by atoms with Crippen molar-refractivity contribution in [2.75, 3.05) is 47.2 Å². The van der Waals surface area contributed by atoms with Gasteiger partial charge in [0, 0.05) is 42.0 Å². The van der Waals surface area contributed by atoms with E-state index in [1.54, 1.807) is 7.11 Å². The van der Waals surface area contributed by atoms with E-state index in [-0.39, 0.29) is 0 Å². The standard InChI is InChI=1S/C23H27N5OS/c1-16-4-5-17(2)20(14-16)25-21-15-22(28-10-12-30-13-11-28)27-23(26-21)24-18-6-8-19(29-3)9-7-18/h4-9,14-15H,10-13H2,1-3H3,(H2,24,25,26,27). The van der Waals surface area contributed by atoms with Crippen molar-refractivity contribution in [2.24, 2.45) is 0 Å². The summed E-state index contributed by atoms with van der Waals surface area (Å²) >= 11 is 1.99. The molecule has 0 amide bonds. The Balaban J connectivity index is 1.65. The highest BCUT2D eigenvalue weighted by Gasteiger charge is 2.16. The number of anilines is 5. The molecule has 0 spiro atoms. The molecule has 0 radical (unpaired) electrons. The molecule has 0 aliphatic carbocycles.